The molecule has 0 amide bonds. The number of rotatable bonds is 5. The van der Waals surface area contributed by atoms with Gasteiger partial charge in [0.05, 0.1) is 42.0 Å². The number of aromatic nitrogens is 4. The fourth-order valence-corrected chi connectivity index (χ4v) is 2.96. The van der Waals surface area contributed by atoms with E-state index in [2.05, 4.69) is 20.4 Å². The summed E-state index contributed by atoms with van der Waals surface area (Å²) in [6.07, 6.45) is 5.63. The van der Waals surface area contributed by atoms with Gasteiger partial charge in [0.2, 0.25) is 0 Å². The fourth-order valence-electron chi connectivity index (χ4n) is 2.96. The van der Waals surface area contributed by atoms with Crippen LogP contribution in [0, 0.1) is 5.82 Å². The summed E-state index contributed by atoms with van der Waals surface area (Å²) in [6.45, 7) is 2.01. The molecule has 0 unspecified atom stereocenters. The second-order valence-corrected chi connectivity index (χ2v) is 5.99. The number of nitrogens with one attached hydrogen (secondary N) is 1. The normalized spacial score (nSPS) is 10.9. The number of nitrogens with zero attached hydrogens (tertiary/aromatic N) is 4. The maximum absolute atomic E-state index is 13.8. The summed E-state index contributed by atoms with van der Waals surface area (Å²) in [5.41, 5.74) is 3.82. The summed E-state index contributed by atoms with van der Waals surface area (Å²) >= 11 is 0. The molecular weight excluding hydrogens is 345 g/mol. The van der Waals surface area contributed by atoms with Gasteiger partial charge in [0.1, 0.15) is 17.4 Å². The van der Waals surface area contributed by atoms with Crippen molar-refractivity contribution in [2.75, 3.05) is 12.4 Å². The van der Waals surface area contributed by atoms with Gasteiger partial charge in [-0.25, -0.2) is 13.9 Å². The van der Waals surface area contributed by atoms with E-state index in [1.54, 1.807) is 30.2 Å². The highest BCUT2D eigenvalue weighted by Crippen LogP contribution is 2.29. The molecule has 4 aromatic rings. The van der Waals surface area contributed by atoms with E-state index in [-0.39, 0.29) is 5.82 Å². The van der Waals surface area contributed by atoms with Crippen LogP contribution in [-0.2, 0) is 6.42 Å². The lowest BCUT2D eigenvalue weighted by molar-refractivity contribution is 0.415. The molecule has 1 N–H and O–H groups in total. The first-order valence-corrected chi connectivity index (χ1v) is 8.58. The molecule has 7 heteroatoms. The number of hydrogen-bond acceptors (Lipinski definition) is 5. The fraction of sp³-hybridized carbons (Fsp3) is 0.150. The van der Waals surface area contributed by atoms with E-state index in [4.69, 9.17) is 4.74 Å². The van der Waals surface area contributed by atoms with Crippen LogP contribution in [0.25, 0.3) is 16.8 Å². The number of hydrogen-bond donors (Lipinski definition) is 1. The summed E-state index contributed by atoms with van der Waals surface area (Å²) in [5.74, 6) is 1.06. The predicted molar refractivity (Wildman–Crippen MR) is 102 cm³/mol. The molecule has 6 nitrogen and oxygen atoms in total. The van der Waals surface area contributed by atoms with E-state index in [1.165, 1.54) is 12.1 Å². The van der Waals surface area contributed by atoms with Gasteiger partial charge in [0.25, 0.3) is 0 Å². The monoisotopic (exact) mass is 363 g/mol. The van der Waals surface area contributed by atoms with Crippen molar-refractivity contribution in [1.82, 2.24) is 19.6 Å². The molecule has 1 aromatic carbocycles. The van der Waals surface area contributed by atoms with Crippen molar-refractivity contribution in [3.63, 3.8) is 0 Å². The number of anilines is 2. The summed E-state index contributed by atoms with van der Waals surface area (Å²) in [4.78, 5) is 8.96. The molecule has 27 heavy (non-hydrogen) atoms. The quantitative estimate of drug-likeness (QED) is 0.574. The van der Waals surface area contributed by atoms with Crippen molar-refractivity contribution >= 4 is 17.0 Å². The number of methoxy groups -OCH3 is 1. The predicted octanol–water partition coefficient (Wildman–Crippen LogP) is 4.25. The molecule has 0 radical (unpaired) electrons. The van der Waals surface area contributed by atoms with Gasteiger partial charge in [0.15, 0.2) is 0 Å². The Labute approximate surface area is 155 Å². The van der Waals surface area contributed by atoms with Gasteiger partial charge >= 0.3 is 0 Å². The van der Waals surface area contributed by atoms with Crippen LogP contribution >= 0.6 is 0 Å². The average Bonchev–Trinajstić information content (AvgIpc) is 3.06. The topological polar surface area (TPSA) is 64.3 Å². The van der Waals surface area contributed by atoms with Crippen molar-refractivity contribution in [2.45, 2.75) is 13.3 Å². The molecule has 0 aliphatic rings. The zero-order chi connectivity index (χ0) is 18.8. The van der Waals surface area contributed by atoms with Crippen molar-refractivity contribution in [1.29, 1.82) is 0 Å². The van der Waals surface area contributed by atoms with Gasteiger partial charge in [-0.1, -0.05) is 6.92 Å². The number of benzene rings is 1. The summed E-state index contributed by atoms with van der Waals surface area (Å²) in [7, 11) is 1.63. The van der Waals surface area contributed by atoms with Crippen LogP contribution < -0.4 is 10.1 Å². The Hall–Kier alpha value is -3.48. The Balaban J connectivity index is 1.74. The molecule has 3 heterocycles. The summed E-state index contributed by atoms with van der Waals surface area (Å²) < 4.78 is 20.6. The van der Waals surface area contributed by atoms with Crippen molar-refractivity contribution in [3.05, 3.63) is 66.5 Å². The molecule has 0 fully saturated rings. The van der Waals surface area contributed by atoms with Crippen LogP contribution in [0.3, 0.4) is 0 Å². The third kappa shape index (κ3) is 3.31. The Morgan fingerprint density at radius 1 is 1.15 bits per heavy atom. The standard InChI is InChI=1S/C20H18FN5O/c1-3-16-20(18-10-13(21)8-9-26(18)25-16)17-11-22-12-19(24-17)23-14-4-6-15(27-2)7-5-14/h4-12H,3H2,1-2H3,(H,23,24). The minimum atomic E-state index is -0.313. The molecule has 0 aliphatic carbocycles. The second kappa shape index (κ2) is 7.03. The number of fused-ring (bicyclic) bond motifs is 1. The zero-order valence-corrected chi connectivity index (χ0v) is 15.0. The maximum Gasteiger partial charge on any atom is 0.149 e. The average molecular weight is 363 g/mol. The third-order valence-electron chi connectivity index (χ3n) is 4.26. The lowest BCUT2D eigenvalue weighted by Crippen LogP contribution is -1.97. The Morgan fingerprint density at radius 2 is 1.96 bits per heavy atom. The highest BCUT2D eigenvalue weighted by atomic mass is 19.1. The molecule has 4 rings (SSSR count). The van der Waals surface area contributed by atoms with Gasteiger partial charge in [-0.2, -0.15) is 5.10 Å². The van der Waals surface area contributed by atoms with Crippen LogP contribution in [0.2, 0.25) is 0 Å². The van der Waals surface area contributed by atoms with Crippen LogP contribution in [0.15, 0.2) is 55.0 Å². The largest absolute Gasteiger partial charge is 0.497 e. The molecule has 0 aliphatic heterocycles. The van der Waals surface area contributed by atoms with E-state index in [0.29, 0.717) is 23.4 Å². The summed E-state index contributed by atoms with van der Waals surface area (Å²) in [5, 5.41) is 7.75. The molecular formula is C20H18FN5O. The molecule has 0 bridgehead atoms. The van der Waals surface area contributed by atoms with E-state index in [0.717, 1.165) is 22.7 Å². The Morgan fingerprint density at radius 3 is 2.70 bits per heavy atom. The molecule has 136 valence electrons. The zero-order valence-electron chi connectivity index (χ0n) is 15.0. The third-order valence-corrected chi connectivity index (χ3v) is 4.26. The molecule has 3 aromatic heterocycles. The van der Waals surface area contributed by atoms with Gasteiger partial charge in [0, 0.05) is 18.0 Å². The van der Waals surface area contributed by atoms with Crippen molar-refractivity contribution in [3.8, 4) is 17.0 Å². The van der Waals surface area contributed by atoms with Crippen molar-refractivity contribution < 1.29 is 9.13 Å². The Kier molecular flexibility index (Phi) is 4.42. The molecule has 0 saturated carbocycles. The number of halogens is 1. The van der Waals surface area contributed by atoms with Gasteiger partial charge < -0.3 is 10.1 Å². The lowest BCUT2D eigenvalue weighted by Gasteiger charge is -2.08. The number of ether oxygens (including phenoxy) is 1. The minimum absolute atomic E-state index is 0.313. The number of aryl methyl sites for hydroxylation is 1. The van der Waals surface area contributed by atoms with E-state index in [1.807, 2.05) is 31.2 Å². The van der Waals surface area contributed by atoms with Gasteiger partial charge in [-0.15, -0.1) is 0 Å². The van der Waals surface area contributed by atoms with E-state index in [9.17, 15) is 4.39 Å². The minimum Gasteiger partial charge on any atom is -0.497 e. The molecule has 0 atom stereocenters. The van der Waals surface area contributed by atoms with E-state index >= 15 is 0 Å². The highest BCUT2D eigenvalue weighted by Gasteiger charge is 2.16. The number of pyridine rings is 1. The SMILES string of the molecule is CCc1nn2ccc(F)cc2c1-c1cncc(Nc2ccc(OC)cc2)n1. The molecule has 0 saturated heterocycles. The highest BCUT2D eigenvalue weighted by molar-refractivity contribution is 5.81. The second-order valence-electron chi connectivity index (χ2n) is 5.99. The van der Waals surface area contributed by atoms with Gasteiger partial charge in [-0.05, 0) is 36.8 Å². The maximum atomic E-state index is 13.8. The van der Waals surface area contributed by atoms with E-state index < -0.39 is 0 Å². The first-order valence-electron chi connectivity index (χ1n) is 8.58. The first kappa shape index (κ1) is 17.0. The lowest BCUT2D eigenvalue weighted by atomic mass is 10.1. The van der Waals surface area contributed by atoms with Crippen LogP contribution in [-0.4, -0.2) is 26.7 Å². The smallest absolute Gasteiger partial charge is 0.149 e. The van der Waals surface area contributed by atoms with Crippen LogP contribution in [0.1, 0.15) is 12.6 Å². The van der Waals surface area contributed by atoms with Crippen molar-refractivity contribution in [2.24, 2.45) is 0 Å². The first-order chi connectivity index (χ1) is 13.2. The molecule has 0 spiro atoms. The Bertz CT molecular complexity index is 1090. The van der Waals surface area contributed by atoms with Crippen LogP contribution in [0.4, 0.5) is 15.9 Å². The summed E-state index contributed by atoms with van der Waals surface area (Å²) in [6, 6.07) is 10.4. The van der Waals surface area contributed by atoms with Gasteiger partial charge in [-0.3, -0.25) is 4.98 Å². The van der Waals surface area contributed by atoms with Crippen LogP contribution in [0.5, 0.6) is 5.75 Å².